The predicted molar refractivity (Wildman–Crippen MR) is 72.8 cm³/mol. The molecule has 4 heteroatoms. The van der Waals surface area contributed by atoms with Gasteiger partial charge in [0, 0.05) is 17.5 Å². The molecular formula is C13H16BrClO2. The van der Waals surface area contributed by atoms with Crippen LogP contribution in [0, 0.1) is 0 Å². The molecule has 0 bridgehead atoms. The standard InChI is InChI=1S/C13H16BrClO2/c1-2-7-16-13-11(15)8-12(13)17-10-5-3-9(14)4-6-10/h3-6,11-13H,2,7-8H2,1H3. The molecular weight excluding hydrogens is 303 g/mol. The van der Waals surface area contributed by atoms with Crippen LogP contribution in [0.25, 0.3) is 0 Å². The van der Waals surface area contributed by atoms with E-state index in [1.54, 1.807) is 0 Å². The van der Waals surface area contributed by atoms with E-state index in [2.05, 4.69) is 22.9 Å². The Morgan fingerprint density at radius 2 is 2.06 bits per heavy atom. The zero-order chi connectivity index (χ0) is 12.3. The van der Waals surface area contributed by atoms with Gasteiger partial charge in [-0.3, -0.25) is 0 Å². The van der Waals surface area contributed by atoms with E-state index in [-0.39, 0.29) is 17.6 Å². The van der Waals surface area contributed by atoms with E-state index >= 15 is 0 Å². The molecule has 0 aliphatic heterocycles. The van der Waals surface area contributed by atoms with Crippen LogP contribution in [-0.2, 0) is 4.74 Å². The first-order chi connectivity index (χ1) is 8.20. The third kappa shape index (κ3) is 3.36. The molecule has 1 saturated carbocycles. The molecule has 0 aromatic heterocycles. The molecule has 3 atom stereocenters. The van der Waals surface area contributed by atoms with Crippen LogP contribution in [0.1, 0.15) is 19.8 Å². The molecule has 0 N–H and O–H groups in total. The number of benzene rings is 1. The molecule has 1 fully saturated rings. The lowest BCUT2D eigenvalue weighted by atomic mass is 9.91. The fourth-order valence-electron chi connectivity index (χ4n) is 1.80. The first kappa shape index (κ1) is 13.2. The maximum atomic E-state index is 6.12. The minimum absolute atomic E-state index is 0.0280. The summed E-state index contributed by atoms with van der Waals surface area (Å²) in [5.41, 5.74) is 0. The second-order valence-corrected chi connectivity index (χ2v) is 5.67. The summed E-state index contributed by atoms with van der Waals surface area (Å²) in [5, 5.41) is 0.0852. The van der Waals surface area contributed by atoms with Crippen LogP contribution < -0.4 is 4.74 Å². The lowest BCUT2D eigenvalue weighted by molar-refractivity contribution is -0.0797. The second-order valence-electron chi connectivity index (χ2n) is 4.20. The van der Waals surface area contributed by atoms with Crippen molar-refractivity contribution in [3.63, 3.8) is 0 Å². The van der Waals surface area contributed by atoms with Crippen molar-refractivity contribution in [3.8, 4) is 5.75 Å². The maximum Gasteiger partial charge on any atom is 0.128 e. The molecule has 2 rings (SSSR count). The van der Waals surface area contributed by atoms with Gasteiger partial charge in [0.15, 0.2) is 0 Å². The smallest absolute Gasteiger partial charge is 0.128 e. The summed E-state index contributed by atoms with van der Waals surface area (Å²) >= 11 is 9.52. The van der Waals surface area contributed by atoms with Crippen molar-refractivity contribution in [2.75, 3.05) is 6.61 Å². The minimum Gasteiger partial charge on any atom is -0.488 e. The second kappa shape index (κ2) is 6.07. The highest BCUT2D eigenvalue weighted by atomic mass is 79.9. The third-order valence-electron chi connectivity index (χ3n) is 2.80. The van der Waals surface area contributed by atoms with Crippen LogP contribution >= 0.6 is 27.5 Å². The Hall–Kier alpha value is -0.250. The molecule has 1 aromatic carbocycles. The van der Waals surface area contributed by atoms with Crippen molar-refractivity contribution in [2.45, 2.75) is 37.4 Å². The fourth-order valence-corrected chi connectivity index (χ4v) is 2.47. The van der Waals surface area contributed by atoms with Gasteiger partial charge in [-0.25, -0.2) is 0 Å². The van der Waals surface area contributed by atoms with Crippen LogP contribution in [0.2, 0.25) is 0 Å². The summed E-state index contributed by atoms with van der Waals surface area (Å²) < 4.78 is 12.6. The largest absolute Gasteiger partial charge is 0.488 e. The Kier molecular flexibility index (Phi) is 4.71. The van der Waals surface area contributed by atoms with E-state index < -0.39 is 0 Å². The highest BCUT2D eigenvalue weighted by Gasteiger charge is 2.42. The monoisotopic (exact) mass is 318 g/mol. The molecule has 1 aliphatic rings. The van der Waals surface area contributed by atoms with Crippen molar-refractivity contribution in [2.24, 2.45) is 0 Å². The summed E-state index contributed by atoms with van der Waals surface area (Å²) in [6.07, 6.45) is 1.97. The number of halogens is 2. The lowest BCUT2D eigenvalue weighted by Gasteiger charge is -2.40. The van der Waals surface area contributed by atoms with Gasteiger partial charge in [0.2, 0.25) is 0 Å². The van der Waals surface area contributed by atoms with Crippen LogP contribution in [0.15, 0.2) is 28.7 Å². The normalized spacial score (nSPS) is 27.6. The van der Waals surface area contributed by atoms with E-state index in [1.165, 1.54) is 0 Å². The molecule has 94 valence electrons. The quantitative estimate of drug-likeness (QED) is 0.764. The summed E-state index contributed by atoms with van der Waals surface area (Å²) in [6.45, 7) is 2.83. The summed E-state index contributed by atoms with van der Waals surface area (Å²) in [6, 6.07) is 7.83. The average molecular weight is 320 g/mol. The van der Waals surface area contributed by atoms with Crippen molar-refractivity contribution in [1.29, 1.82) is 0 Å². The Morgan fingerprint density at radius 3 is 2.65 bits per heavy atom. The first-order valence-electron chi connectivity index (χ1n) is 5.88. The predicted octanol–water partition coefficient (Wildman–Crippen LogP) is 4.00. The molecule has 0 spiro atoms. The zero-order valence-corrected chi connectivity index (χ0v) is 12.1. The highest BCUT2D eigenvalue weighted by Crippen LogP contribution is 2.33. The van der Waals surface area contributed by atoms with Gasteiger partial charge in [-0.05, 0) is 30.7 Å². The van der Waals surface area contributed by atoms with E-state index in [9.17, 15) is 0 Å². The molecule has 1 aromatic rings. The number of alkyl halides is 1. The molecule has 2 nitrogen and oxygen atoms in total. The number of ether oxygens (including phenoxy) is 2. The van der Waals surface area contributed by atoms with E-state index in [0.29, 0.717) is 0 Å². The van der Waals surface area contributed by atoms with Crippen LogP contribution in [0.3, 0.4) is 0 Å². The molecule has 3 unspecified atom stereocenters. The minimum atomic E-state index is 0.0280. The molecule has 0 radical (unpaired) electrons. The zero-order valence-electron chi connectivity index (χ0n) is 9.74. The number of hydrogen-bond acceptors (Lipinski definition) is 2. The Bertz CT molecular complexity index is 355. The van der Waals surface area contributed by atoms with Crippen molar-refractivity contribution >= 4 is 27.5 Å². The number of rotatable bonds is 5. The Labute approximate surface area is 115 Å². The summed E-state index contributed by atoms with van der Waals surface area (Å²) in [4.78, 5) is 0. The summed E-state index contributed by atoms with van der Waals surface area (Å²) in [7, 11) is 0. The van der Waals surface area contributed by atoms with E-state index in [1.807, 2.05) is 24.3 Å². The van der Waals surface area contributed by atoms with Crippen LogP contribution in [-0.4, -0.2) is 24.2 Å². The topological polar surface area (TPSA) is 18.5 Å². The molecule has 17 heavy (non-hydrogen) atoms. The van der Waals surface area contributed by atoms with Gasteiger partial charge >= 0.3 is 0 Å². The Morgan fingerprint density at radius 1 is 1.35 bits per heavy atom. The van der Waals surface area contributed by atoms with Crippen LogP contribution in [0.5, 0.6) is 5.75 Å². The van der Waals surface area contributed by atoms with Gasteiger partial charge in [0.25, 0.3) is 0 Å². The molecule has 1 aliphatic carbocycles. The van der Waals surface area contributed by atoms with Gasteiger partial charge in [-0.15, -0.1) is 11.6 Å². The first-order valence-corrected chi connectivity index (χ1v) is 7.11. The highest BCUT2D eigenvalue weighted by molar-refractivity contribution is 9.10. The average Bonchev–Trinajstić information content (AvgIpc) is 2.31. The maximum absolute atomic E-state index is 6.12. The SMILES string of the molecule is CCCOC1C(Cl)CC1Oc1ccc(Br)cc1. The summed E-state index contributed by atoms with van der Waals surface area (Å²) in [5.74, 6) is 0.867. The van der Waals surface area contributed by atoms with Crippen molar-refractivity contribution in [1.82, 2.24) is 0 Å². The van der Waals surface area contributed by atoms with Gasteiger partial charge in [0.1, 0.15) is 18.0 Å². The van der Waals surface area contributed by atoms with Crippen molar-refractivity contribution < 1.29 is 9.47 Å². The van der Waals surface area contributed by atoms with Gasteiger partial charge in [0.05, 0.1) is 5.38 Å². The third-order valence-corrected chi connectivity index (χ3v) is 3.75. The van der Waals surface area contributed by atoms with E-state index in [4.69, 9.17) is 21.1 Å². The molecule has 0 amide bonds. The van der Waals surface area contributed by atoms with Gasteiger partial charge < -0.3 is 9.47 Å². The molecule has 0 saturated heterocycles. The number of hydrogen-bond donors (Lipinski definition) is 0. The Balaban J connectivity index is 1.88. The fraction of sp³-hybridized carbons (Fsp3) is 0.538. The van der Waals surface area contributed by atoms with E-state index in [0.717, 1.165) is 29.7 Å². The van der Waals surface area contributed by atoms with Gasteiger partial charge in [-0.2, -0.15) is 0 Å². The van der Waals surface area contributed by atoms with Crippen molar-refractivity contribution in [3.05, 3.63) is 28.7 Å². The van der Waals surface area contributed by atoms with Gasteiger partial charge in [-0.1, -0.05) is 22.9 Å². The molecule has 0 heterocycles. The lowest BCUT2D eigenvalue weighted by Crippen LogP contribution is -2.52. The van der Waals surface area contributed by atoms with Crippen LogP contribution in [0.4, 0.5) is 0 Å².